The Labute approximate surface area is 138 Å². The minimum absolute atomic E-state index is 0. The van der Waals surface area contributed by atoms with Crippen LogP contribution in [0, 0.1) is 12.8 Å². The predicted molar refractivity (Wildman–Crippen MR) is 89.6 cm³/mol. The predicted octanol–water partition coefficient (Wildman–Crippen LogP) is 2.40. The number of piperidine rings is 1. The first kappa shape index (κ1) is 17.1. The molecular weight excluding hydrogens is 300 g/mol. The molecular formula is C17H25ClN2O2. The zero-order valence-electron chi connectivity index (χ0n) is 13.1. The van der Waals surface area contributed by atoms with E-state index >= 15 is 0 Å². The van der Waals surface area contributed by atoms with Gasteiger partial charge in [-0.05, 0) is 32.0 Å². The molecule has 0 aromatic heterocycles. The monoisotopic (exact) mass is 324 g/mol. The lowest BCUT2D eigenvalue weighted by Crippen LogP contribution is -2.44. The third kappa shape index (κ3) is 4.14. The Morgan fingerprint density at radius 3 is 2.45 bits per heavy atom. The van der Waals surface area contributed by atoms with Crippen molar-refractivity contribution < 1.29 is 9.53 Å². The second-order valence-corrected chi connectivity index (χ2v) is 6.15. The van der Waals surface area contributed by atoms with Gasteiger partial charge in [-0.25, -0.2) is 0 Å². The van der Waals surface area contributed by atoms with Crippen molar-refractivity contribution in [2.24, 2.45) is 5.92 Å². The van der Waals surface area contributed by atoms with Gasteiger partial charge in [0.05, 0.1) is 5.92 Å². The highest BCUT2D eigenvalue weighted by atomic mass is 35.5. The summed E-state index contributed by atoms with van der Waals surface area (Å²) >= 11 is 0. The number of hydrogen-bond acceptors (Lipinski definition) is 3. The number of amides is 1. The lowest BCUT2D eigenvalue weighted by Gasteiger charge is -2.33. The van der Waals surface area contributed by atoms with Crippen molar-refractivity contribution in [3.63, 3.8) is 0 Å². The molecule has 4 nitrogen and oxygen atoms in total. The van der Waals surface area contributed by atoms with Crippen LogP contribution in [0.5, 0.6) is 5.75 Å². The van der Waals surface area contributed by atoms with Gasteiger partial charge >= 0.3 is 0 Å². The van der Waals surface area contributed by atoms with Crippen molar-refractivity contribution in [3.05, 3.63) is 29.8 Å². The van der Waals surface area contributed by atoms with Crippen LogP contribution >= 0.6 is 12.4 Å². The van der Waals surface area contributed by atoms with Gasteiger partial charge in [-0.1, -0.05) is 17.7 Å². The van der Waals surface area contributed by atoms with Gasteiger partial charge in [-0.2, -0.15) is 0 Å². The van der Waals surface area contributed by atoms with Gasteiger partial charge in [-0.3, -0.25) is 4.79 Å². The normalized spacial score (nSPS) is 22.2. The molecule has 1 amide bonds. The highest BCUT2D eigenvalue weighted by molar-refractivity contribution is 5.85. The smallest absolute Gasteiger partial charge is 0.227 e. The molecule has 1 atom stereocenters. The SMILES string of the molecule is Cc1ccc(OC2CCN(C(=O)C3CCNC3)CC2)cc1.Cl. The van der Waals surface area contributed by atoms with Crippen LogP contribution in [-0.4, -0.2) is 43.1 Å². The lowest BCUT2D eigenvalue weighted by atomic mass is 10.0. The van der Waals surface area contributed by atoms with Crippen LogP contribution in [0.15, 0.2) is 24.3 Å². The summed E-state index contributed by atoms with van der Waals surface area (Å²) < 4.78 is 6.01. The van der Waals surface area contributed by atoms with Crippen LogP contribution in [0.1, 0.15) is 24.8 Å². The molecule has 2 saturated heterocycles. The van der Waals surface area contributed by atoms with E-state index in [1.807, 2.05) is 17.0 Å². The van der Waals surface area contributed by atoms with Gasteiger partial charge < -0.3 is 15.0 Å². The fraction of sp³-hybridized carbons (Fsp3) is 0.588. The maximum Gasteiger partial charge on any atom is 0.227 e. The van der Waals surface area contributed by atoms with E-state index in [4.69, 9.17) is 4.74 Å². The number of ether oxygens (including phenoxy) is 1. The first-order valence-corrected chi connectivity index (χ1v) is 7.95. The van der Waals surface area contributed by atoms with Crippen molar-refractivity contribution in [3.8, 4) is 5.75 Å². The Balaban J connectivity index is 0.00000176. The summed E-state index contributed by atoms with van der Waals surface area (Å²) in [5.41, 5.74) is 1.24. The number of halogens is 1. The van der Waals surface area contributed by atoms with E-state index in [0.717, 1.165) is 51.2 Å². The molecule has 2 heterocycles. The minimum Gasteiger partial charge on any atom is -0.490 e. The molecule has 0 aliphatic carbocycles. The van der Waals surface area contributed by atoms with E-state index in [9.17, 15) is 4.79 Å². The molecule has 3 rings (SSSR count). The highest BCUT2D eigenvalue weighted by Crippen LogP contribution is 2.21. The Hall–Kier alpha value is -1.26. The first-order valence-electron chi connectivity index (χ1n) is 7.95. The van der Waals surface area contributed by atoms with Crippen molar-refractivity contribution in [2.75, 3.05) is 26.2 Å². The number of aryl methyl sites for hydroxylation is 1. The quantitative estimate of drug-likeness (QED) is 0.928. The molecule has 2 aliphatic heterocycles. The van der Waals surface area contributed by atoms with Gasteiger partial charge in [-0.15, -0.1) is 12.4 Å². The number of carbonyl (C=O) groups is 1. The number of rotatable bonds is 3. The molecule has 0 bridgehead atoms. The van der Waals surface area contributed by atoms with E-state index in [0.29, 0.717) is 5.91 Å². The first-order chi connectivity index (χ1) is 10.2. The molecule has 0 radical (unpaired) electrons. The maximum absolute atomic E-state index is 12.3. The number of benzene rings is 1. The van der Waals surface area contributed by atoms with Crippen molar-refractivity contribution in [2.45, 2.75) is 32.3 Å². The molecule has 2 fully saturated rings. The molecule has 22 heavy (non-hydrogen) atoms. The van der Waals surface area contributed by atoms with Crippen LogP contribution in [0.2, 0.25) is 0 Å². The molecule has 0 spiro atoms. The van der Waals surface area contributed by atoms with Crippen LogP contribution in [0.25, 0.3) is 0 Å². The topological polar surface area (TPSA) is 41.6 Å². The van der Waals surface area contributed by atoms with Gasteiger partial charge in [0.25, 0.3) is 0 Å². The van der Waals surface area contributed by atoms with Crippen LogP contribution < -0.4 is 10.1 Å². The van der Waals surface area contributed by atoms with E-state index in [1.165, 1.54) is 5.56 Å². The summed E-state index contributed by atoms with van der Waals surface area (Å²) in [6.07, 6.45) is 3.08. The van der Waals surface area contributed by atoms with Gasteiger partial charge in [0.15, 0.2) is 0 Å². The number of nitrogens with zero attached hydrogens (tertiary/aromatic N) is 1. The Morgan fingerprint density at radius 1 is 1.18 bits per heavy atom. The Morgan fingerprint density at radius 2 is 1.86 bits per heavy atom. The summed E-state index contributed by atoms with van der Waals surface area (Å²) in [5, 5.41) is 3.27. The number of nitrogens with one attached hydrogen (secondary N) is 1. The third-order valence-corrected chi connectivity index (χ3v) is 4.49. The zero-order chi connectivity index (χ0) is 14.7. The zero-order valence-corrected chi connectivity index (χ0v) is 13.9. The molecule has 122 valence electrons. The van der Waals surface area contributed by atoms with E-state index < -0.39 is 0 Å². The van der Waals surface area contributed by atoms with Gasteiger partial charge in [0, 0.05) is 32.5 Å². The van der Waals surface area contributed by atoms with Crippen LogP contribution in [0.3, 0.4) is 0 Å². The standard InChI is InChI=1S/C17H24N2O2.ClH/c1-13-2-4-15(5-3-13)21-16-7-10-19(11-8-16)17(20)14-6-9-18-12-14;/h2-5,14,16,18H,6-12H2,1H3;1H. The largest absolute Gasteiger partial charge is 0.490 e. The second kappa shape index (κ2) is 7.84. The van der Waals surface area contributed by atoms with Crippen LogP contribution in [0.4, 0.5) is 0 Å². The fourth-order valence-corrected chi connectivity index (χ4v) is 3.13. The van der Waals surface area contributed by atoms with Crippen LogP contribution in [-0.2, 0) is 4.79 Å². The molecule has 5 heteroatoms. The van der Waals surface area contributed by atoms with Gasteiger partial charge in [0.1, 0.15) is 11.9 Å². The van der Waals surface area contributed by atoms with Crippen molar-refractivity contribution in [1.29, 1.82) is 0 Å². The Bertz CT molecular complexity index is 478. The summed E-state index contributed by atoms with van der Waals surface area (Å²) in [6, 6.07) is 8.19. The molecule has 1 unspecified atom stereocenters. The van der Waals surface area contributed by atoms with Crippen molar-refractivity contribution >= 4 is 18.3 Å². The van der Waals surface area contributed by atoms with Crippen molar-refractivity contribution in [1.82, 2.24) is 10.2 Å². The molecule has 0 saturated carbocycles. The summed E-state index contributed by atoms with van der Waals surface area (Å²) in [4.78, 5) is 14.4. The Kier molecular flexibility index (Phi) is 6.09. The second-order valence-electron chi connectivity index (χ2n) is 6.15. The van der Waals surface area contributed by atoms with E-state index in [1.54, 1.807) is 0 Å². The number of likely N-dealkylation sites (tertiary alicyclic amines) is 1. The molecule has 1 N–H and O–H groups in total. The maximum atomic E-state index is 12.3. The third-order valence-electron chi connectivity index (χ3n) is 4.49. The average Bonchev–Trinajstić information content (AvgIpc) is 3.04. The summed E-state index contributed by atoms with van der Waals surface area (Å²) in [6.45, 7) is 5.55. The highest BCUT2D eigenvalue weighted by Gasteiger charge is 2.30. The summed E-state index contributed by atoms with van der Waals surface area (Å²) in [7, 11) is 0. The van der Waals surface area contributed by atoms with E-state index in [-0.39, 0.29) is 24.4 Å². The minimum atomic E-state index is 0. The number of hydrogen-bond donors (Lipinski definition) is 1. The summed E-state index contributed by atoms with van der Waals surface area (Å²) in [5.74, 6) is 1.46. The number of carbonyl (C=O) groups excluding carboxylic acids is 1. The van der Waals surface area contributed by atoms with E-state index in [2.05, 4.69) is 24.4 Å². The molecule has 1 aromatic carbocycles. The molecule has 2 aliphatic rings. The van der Waals surface area contributed by atoms with Gasteiger partial charge in [0.2, 0.25) is 5.91 Å². The average molecular weight is 325 g/mol. The molecule has 1 aromatic rings. The lowest BCUT2D eigenvalue weighted by molar-refractivity contribution is -0.136. The fourth-order valence-electron chi connectivity index (χ4n) is 3.13.